The van der Waals surface area contributed by atoms with E-state index in [-0.39, 0.29) is 16.8 Å². The highest BCUT2D eigenvalue weighted by Gasteiger charge is 2.38. The fraction of sp³-hybridized carbons (Fsp3) is 0.417. The highest BCUT2D eigenvalue weighted by atomic mass is 32.2. The first-order chi connectivity index (χ1) is 17.3. The number of benzene rings is 2. The van der Waals surface area contributed by atoms with E-state index in [2.05, 4.69) is 20.3 Å². The van der Waals surface area contributed by atoms with Crippen LogP contribution in [-0.2, 0) is 14.8 Å². The Morgan fingerprint density at radius 1 is 1.14 bits per heavy atom. The van der Waals surface area contributed by atoms with Crippen LogP contribution in [0.15, 0.2) is 47.4 Å². The Kier molecular flexibility index (Phi) is 10.3. The third-order valence-corrected chi connectivity index (χ3v) is 7.11. The summed E-state index contributed by atoms with van der Waals surface area (Å²) in [6.07, 6.45) is -4.27. The molecule has 0 radical (unpaired) electrons. The van der Waals surface area contributed by atoms with Gasteiger partial charge in [0.2, 0.25) is 0 Å². The van der Waals surface area contributed by atoms with Gasteiger partial charge in [0.1, 0.15) is 0 Å². The number of rotatable bonds is 7. The van der Waals surface area contributed by atoms with E-state index in [0.29, 0.717) is 16.8 Å². The molecular weight excluding hydrogens is 513 g/mol. The van der Waals surface area contributed by atoms with Gasteiger partial charge in [-0.25, -0.2) is 13.2 Å². The minimum absolute atomic E-state index is 0.0284. The number of hydrogen-bond acceptors (Lipinski definition) is 6. The predicted molar refractivity (Wildman–Crippen MR) is 134 cm³/mol. The number of hydrogen-bond donors (Lipinski definition) is 4. The molecular formula is C24H31F3N4O5S. The van der Waals surface area contributed by atoms with Gasteiger partial charge in [-0.3, -0.25) is 9.52 Å². The van der Waals surface area contributed by atoms with Crippen molar-refractivity contribution in [2.75, 3.05) is 35.8 Å². The molecule has 1 unspecified atom stereocenters. The summed E-state index contributed by atoms with van der Waals surface area (Å²) >= 11 is 0. The second-order valence-electron chi connectivity index (χ2n) is 8.43. The van der Waals surface area contributed by atoms with Gasteiger partial charge in [0.05, 0.1) is 10.5 Å². The van der Waals surface area contributed by atoms with E-state index in [9.17, 15) is 26.4 Å². The van der Waals surface area contributed by atoms with E-state index in [4.69, 9.17) is 9.90 Å². The number of anilines is 2. The lowest BCUT2D eigenvalue weighted by Crippen LogP contribution is -2.44. The Bertz CT molecular complexity index is 1200. The Morgan fingerprint density at radius 3 is 2.27 bits per heavy atom. The van der Waals surface area contributed by atoms with Crippen LogP contribution >= 0.6 is 0 Å². The zero-order chi connectivity index (χ0) is 27.8. The SMILES string of the molecule is CCC(C)NC(=O)c1cc(NS(=O)(=O)c2ccccc2C)ccc1N1CCNCC1.O=C(O)C(F)(F)F. The zero-order valence-electron chi connectivity index (χ0n) is 20.7. The van der Waals surface area contributed by atoms with Crippen LogP contribution in [0.4, 0.5) is 24.5 Å². The second-order valence-corrected chi connectivity index (χ2v) is 10.1. The molecule has 0 bridgehead atoms. The quantitative estimate of drug-likeness (QED) is 0.421. The molecule has 2 aromatic carbocycles. The van der Waals surface area contributed by atoms with Crippen LogP contribution in [0, 0.1) is 6.92 Å². The summed E-state index contributed by atoms with van der Waals surface area (Å²) in [5, 5.41) is 13.4. The number of halogens is 3. The number of sulfonamides is 1. The summed E-state index contributed by atoms with van der Waals surface area (Å²) in [5.74, 6) is -2.96. The number of carbonyl (C=O) groups excluding carboxylic acids is 1. The molecule has 204 valence electrons. The summed E-state index contributed by atoms with van der Waals surface area (Å²) in [6.45, 7) is 8.98. The first-order valence-corrected chi connectivity index (χ1v) is 13.0. The third kappa shape index (κ3) is 8.64. The van der Waals surface area contributed by atoms with Crippen LogP contribution in [-0.4, -0.2) is 63.8 Å². The molecule has 4 N–H and O–H groups in total. The van der Waals surface area contributed by atoms with Gasteiger partial charge in [-0.2, -0.15) is 13.2 Å². The maximum Gasteiger partial charge on any atom is 0.490 e. The smallest absolute Gasteiger partial charge is 0.475 e. The molecule has 0 saturated carbocycles. The number of nitrogens with one attached hydrogen (secondary N) is 3. The van der Waals surface area contributed by atoms with E-state index in [1.54, 1.807) is 43.3 Å². The van der Waals surface area contributed by atoms with Gasteiger partial charge in [0, 0.05) is 43.6 Å². The van der Waals surface area contributed by atoms with Crippen LogP contribution in [0.5, 0.6) is 0 Å². The molecule has 1 aliphatic rings. The van der Waals surface area contributed by atoms with Crippen molar-refractivity contribution in [1.29, 1.82) is 0 Å². The van der Waals surface area contributed by atoms with Crippen molar-refractivity contribution >= 4 is 33.3 Å². The second kappa shape index (κ2) is 12.8. The number of alkyl halides is 3. The summed E-state index contributed by atoms with van der Waals surface area (Å²) in [7, 11) is -3.76. The summed E-state index contributed by atoms with van der Waals surface area (Å²) in [4.78, 5) is 24.3. The van der Waals surface area contributed by atoms with Gasteiger partial charge in [-0.1, -0.05) is 25.1 Å². The molecule has 9 nitrogen and oxygen atoms in total. The molecule has 1 heterocycles. The van der Waals surface area contributed by atoms with E-state index in [1.807, 2.05) is 19.9 Å². The monoisotopic (exact) mass is 544 g/mol. The molecule has 13 heteroatoms. The van der Waals surface area contributed by atoms with E-state index in [0.717, 1.165) is 38.3 Å². The maximum atomic E-state index is 13.0. The minimum atomic E-state index is -5.08. The molecule has 1 amide bonds. The fourth-order valence-corrected chi connectivity index (χ4v) is 4.73. The van der Waals surface area contributed by atoms with Gasteiger partial charge >= 0.3 is 12.1 Å². The van der Waals surface area contributed by atoms with Crippen molar-refractivity contribution in [3.63, 3.8) is 0 Å². The number of carbonyl (C=O) groups is 2. The fourth-order valence-electron chi connectivity index (χ4n) is 3.43. The number of aliphatic carboxylic acids is 1. The van der Waals surface area contributed by atoms with E-state index >= 15 is 0 Å². The van der Waals surface area contributed by atoms with Crippen molar-refractivity contribution in [3.8, 4) is 0 Å². The Labute approximate surface area is 214 Å². The van der Waals surface area contributed by atoms with Crippen LogP contribution in [0.1, 0.15) is 36.2 Å². The van der Waals surface area contributed by atoms with Crippen molar-refractivity contribution in [2.45, 2.75) is 44.3 Å². The largest absolute Gasteiger partial charge is 0.490 e. The average Bonchev–Trinajstić information content (AvgIpc) is 2.84. The molecule has 0 aromatic heterocycles. The third-order valence-electron chi connectivity index (χ3n) is 5.57. The number of carboxylic acids is 1. The van der Waals surface area contributed by atoms with Crippen molar-refractivity contribution < 1.29 is 36.3 Å². The molecule has 37 heavy (non-hydrogen) atoms. The normalized spacial score (nSPS) is 14.7. The Hall–Kier alpha value is -3.32. The number of carboxylic acid groups (broad SMARTS) is 1. The lowest BCUT2D eigenvalue weighted by atomic mass is 10.1. The minimum Gasteiger partial charge on any atom is -0.475 e. The van der Waals surface area contributed by atoms with Crippen LogP contribution < -0.4 is 20.3 Å². The van der Waals surface area contributed by atoms with Crippen molar-refractivity contribution in [3.05, 3.63) is 53.6 Å². The molecule has 1 aliphatic heterocycles. The zero-order valence-corrected chi connectivity index (χ0v) is 21.5. The highest BCUT2D eigenvalue weighted by Crippen LogP contribution is 2.27. The predicted octanol–water partition coefficient (Wildman–Crippen LogP) is 3.37. The topological polar surface area (TPSA) is 128 Å². The first-order valence-electron chi connectivity index (χ1n) is 11.6. The highest BCUT2D eigenvalue weighted by molar-refractivity contribution is 7.92. The summed E-state index contributed by atoms with van der Waals surface area (Å²) < 4.78 is 60.1. The van der Waals surface area contributed by atoms with Gasteiger partial charge < -0.3 is 20.6 Å². The molecule has 1 saturated heterocycles. The van der Waals surface area contributed by atoms with Crippen molar-refractivity contribution in [1.82, 2.24) is 10.6 Å². The average molecular weight is 545 g/mol. The number of nitrogens with zero attached hydrogens (tertiary/aromatic N) is 1. The van der Waals surface area contributed by atoms with Gasteiger partial charge in [0.25, 0.3) is 15.9 Å². The van der Waals surface area contributed by atoms with E-state index in [1.165, 1.54) is 0 Å². The number of amides is 1. The molecule has 1 atom stereocenters. The maximum absolute atomic E-state index is 13.0. The number of aryl methyl sites for hydroxylation is 1. The van der Waals surface area contributed by atoms with Crippen LogP contribution in [0.2, 0.25) is 0 Å². The van der Waals surface area contributed by atoms with Gasteiger partial charge in [0.15, 0.2) is 0 Å². The van der Waals surface area contributed by atoms with Crippen LogP contribution in [0.3, 0.4) is 0 Å². The van der Waals surface area contributed by atoms with Gasteiger partial charge in [-0.15, -0.1) is 0 Å². The molecule has 2 aromatic rings. The van der Waals surface area contributed by atoms with Gasteiger partial charge in [-0.05, 0) is 50.1 Å². The van der Waals surface area contributed by atoms with E-state index < -0.39 is 22.2 Å². The summed E-state index contributed by atoms with van der Waals surface area (Å²) in [6, 6.07) is 12.0. The molecule has 0 spiro atoms. The first kappa shape index (κ1) is 29.9. The Balaban J connectivity index is 0.000000604. The molecule has 1 fully saturated rings. The summed E-state index contributed by atoms with van der Waals surface area (Å²) in [5.41, 5.74) is 2.32. The standard InChI is InChI=1S/C22H30N4O3S.C2HF3O2/c1-4-17(3)24-22(27)19-15-18(9-10-20(19)26-13-11-23-12-14-26)25-30(28,29)21-8-6-5-7-16(21)2;3-2(4,5)1(6)7/h5-10,15,17,23,25H,4,11-14H2,1-3H3,(H,24,27);(H,6,7). The lowest BCUT2D eigenvalue weighted by molar-refractivity contribution is -0.192. The Morgan fingerprint density at radius 2 is 1.73 bits per heavy atom. The number of piperazine rings is 1. The van der Waals surface area contributed by atoms with Crippen molar-refractivity contribution in [2.24, 2.45) is 0 Å². The molecule has 0 aliphatic carbocycles. The lowest BCUT2D eigenvalue weighted by Gasteiger charge is -2.31. The molecule has 3 rings (SSSR count). The van der Waals surface area contributed by atoms with Crippen LogP contribution in [0.25, 0.3) is 0 Å².